The van der Waals surface area contributed by atoms with Gasteiger partial charge in [0.05, 0.1) is 5.75 Å². The molecule has 0 amide bonds. The fourth-order valence-electron chi connectivity index (χ4n) is 2.63. The Morgan fingerprint density at radius 3 is 2.57 bits per heavy atom. The maximum atomic E-state index is 5.89. The Labute approximate surface area is 181 Å². The van der Waals surface area contributed by atoms with E-state index in [4.69, 9.17) is 10.5 Å². The first-order valence-electron chi connectivity index (χ1n) is 9.83. The summed E-state index contributed by atoms with van der Waals surface area (Å²) in [5, 5.41) is 9.56. The number of anilines is 2. The Bertz CT molecular complexity index is 945. The first-order valence-corrected chi connectivity index (χ1v) is 10.8. The maximum absolute atomic E-state index is 5.89. The fourth-order valence-corrected chi connectivity index (χ4v) is 3.47. The van der Waals surface area contributed by atoms with Gasteiger partial charge in [-0.1, -0.05) is 43.8 Å². The zero-order valence-electron chi connectivity index (χ0n) is 17.8. The molecule has 30 heavy (non-hydrogen) atoms. The van der Waals surface area contributed by atoms with Crippen LogP contribution >= 0.6 is 11.8 Å². The van der Waals surface area contributed by atoms with Crippen molar-refractivity contribution in [3.05, 3.63) is 42.0 Å². The van der Waals surface area contributed by atoms with Crippen molar-refractivity contribution in [2.24, 2.45) is 5.92 Å². The quantitative estimate of drug-likeness (QED) is 0.487. The molecule has 3 aromatic rings. The highest BCUT2D eigenvalue weighted by atomic mass is 32.2. The lowest BCUT2D eigenvalue weighted by Gasteiger charge is -2.13. The fraction of sp³-hybridized carbons (Fsp3) is 0.450. The summed E-state index contributed by atoms with van der Waals surface area (Å²) >= 11 is 1.53. The lowest BCUT2D eigenvalue weighted by atomic mass is 10.1. The zero-order chi connectivity index (χ0) is 21.5. The lowest BCUT2D eigenvalue weighted by molar-refractivity contribution is 0.285. The molecule has 3 rings (SSSR count). The Kier molecular flexibility index (Phi) is 7.45. The lowest BCUT2D eigenvalue weighted by Crippen LogP contribution is -2.16. The average Bonchev–Trinajstić information content (AvgIpc) is 3.11. The SMILES string of the molecule is CC(C)CCn1c(COc2ccccc2)nnc1SCc1nc(N)nc(N(C)C)n1. The molecule has 0 aliphatic heterocycles. The minimum absolute atomic E-state index is 0.211. The second kappa shape index (κ2) is 10.2. The number of benzene rings is 1. The smallest absolute Gasteiger partial charge is 0.229 e. The highest BCUT2D eigenvalue weighted by molar-refractivity contribution is 7.98. The number of nitrogens with two attached hydrogens (primary N) is 1. The molecule has 2 heterocycles. The molecule has 10 heteroatoms. The van der Waals surface area contributed by atoms with Crippen LogP contribution < -0.4 is 15.4 Å². The number of thioether (sulfide) groups is 1. The summed E-state index contributed by atoms with van der Waals surface area (Å²) in [6.07, 6.45) is 1.02. The van der Waals surface area contributed by atoms with Crippen molar-refractivity contribution in [3.63, 3.8) is 0 Å². The zero-order valence-corrected chi connectivity index (χ0v) is 18.6. The molecule has 0 saturated carbocycles. The van der Waals surface area contributed by atoms with Gasteiger partial charge in [-0.25, -0.2) is 0 Å². The van der Waals surface area contributed by atoms with E-state index in [1.807, 2.05) is 44.4 Å². The van der Waals surface area contributed by atoms with Crippen molar-refractivity contribution in [3.8, 4) is 5.75 Å². The Hall–Kier alpha value is -2.88. The third-order valence-electron chi connectivity index (χ3n) is 4.25. The largest absolute Gasteiger partial charge is 0.486 e. The van der Waals surface area contributed by atoms with Gasteiger partial charge < -0.3 is 19.9 Å². The van der Waals surface area contributed by atoms with Gasteiger partial charge in [0.1, 0.15) is 18.2 Å². The van der Waals surface area contributed by atoms with E-state index < -0.39 is 0 Å². The number of ether oxygens (including phenoxy) is 1. The number of nitrogens with zero attached hydrogens (tertiary/aromatic N) is 7. The number of para-hydroxylation sites is 1. The van der Waals surface area contributed by atoms with Gasteiger partial charge in [-0.3, -0.25) is 0 Å². The molecule has 1 aromatic carbocycles. The van der Waals surface area contributed by atoms with Crippen molar-refractivity contribution in [2.75, 3.05) is 24.7 Å². The maximum Gasteiger partial charge on any atom is 0.229 e. The van der Waals surface area contributed by atoms with E-state index in [0.717, 1.165) is 29.7 Å². The van der Waals surface area contributed by atoms with E-state index in [0.29, 0.717) is 30.1 Å². The summed E-state index contributed by atoms with van der Waals surface area (Å²) in [5.74, 6) is 4.05. The molecule has 0 spiro atoms. The molecule has 0 saturated heterocycles. The second-order valence-corrected chi connectivity index (χ2v) is 8.37. The van der Waals surface area contributed by atoms with Crippen molar-refractivity contribution in [2.45, 2.75) is 44.3 Å². The van der Waals surface area contributed by atoms with Gasteiger partial charge in [-0.15, -0.1) is 10.2 Å². The minimum atomic E-state index is 0.211. The van der Waals surface area contributed by atoms with Crippen LogP contribution in [0.25, 0.3) is 0 Å². The molecule has 160 valence electrons. The van der Waals surface area contributed by atoms with E-state index in [-0.39, 0.29) is 5.95 Å². The Balaban J connectivity index is 1.74. The van der Waals surface area contributed by atoms with Gasteiger partial charge in [0, 0.05) is 20.6 Å². The second-order valence-electron chi connectivity index (χ2n) is 7.43. The van der Waals surface area contributed by atoms with Gasteiger partial charge >= 0.3 is 0 Å². The van der Waals surface area contributed by atoms with Crippen LogP contribution in [-0.2, 0) is 18.9 Å². The normalized spacial score (nSPS) is 11.1. The van der Waals surface area contributed by atoms with Crippen LogP contribution in [0.2, 0.25) is 0 Å². The summed E-state index contributed by atoms with van der Waals surface area (Å²) in [7, 11) is 3.74. The van der Waals surface area contributed by atoms with Crippen molar-refractivity contribution in [1.29, 1.82) is 0 Å². The molecule has 0 fully saturated rings. The summed E-state index contributed by atoms with van der Waals surface area (Å²) in [6, 6.07) is 9.71. The van der Waals surface area contributed by atoms with Crippen molar-refractivity contribution >= 4 is 23.7 Å². The van der Waals surface area contributed by atoms with Crippen LogP contribution in [0.1, 0.15) is 31.9 Å². The van der Waals surface area contributed by atoms with Crippen molar-refractivity contribution < 1.29 is 4.74 Å². The van der Waals surface area contributed by atoms with Crippen LogP contribution in [0.4, 0.5) is 11.9 Å². The molecule has 0 bridgehead atoms. The summed E-state index contributed by atoms with van der Waals surface area (Å²) in [4.78, 5) is 14.6. The molecule has 0 aliphatic rings. The molecule has 2 N–H and O–H groups in total. The van der Waals surface area contributed by atoms with Gasteiger partial charge in [-0.05, 0) is 24.5 Å². The molecule has 0 radical (unpaired) electrons. The van der Waals surface area contributed by atoms with Crippen LogP contribution in [0, 0.1) is 5.92 Å². The van der Waals surface area contributed by atoms with E-state index in [9.17, 15) is 0 Å². The highest BCUT2D eigenvalue weighted by Crippen LogP contribution is 2.23. The van der Waals surface area contributed by atoms with Gasteiger partial charge in [0.15, 0.2) is 11.0 Å². The van der Waals surface area contributed by atoms with Crippen molar-refractivity contribution in [1.82, 2.24) is 29.7 Å². The number of rotatable bonds is 10. The van der Waals surface area contributed by atoms with Gasteiger partial charge in [0.25, 0.3) is 0 Å². The predicted molar refractivity (Wildman–Crippen MR) is 118 cm³/mol. The molecule has 2 aromatic heterocycles. The first kappa shape index (κ1) is 21.8. The molecular formula is C20H28N8OS. The third-order valence-corrected chi connectivity index (χ3v) is 5.22. The van der Waals surface area contributed by atoms with Crippen LogP contribution in [0.5, 0.6) is 5.75 Å². The summed E-state index contributed by atoms with van der Waals surface area (Å²) in [5.41, 5.74) is 5.83. The molecule has 9 nitrogen and oxygen atoms in total. The number of aromatic nitrogens is 6. The van der Waals surface area contributed by atoms with E-state index in [1.165, 1.54) is 11.8 Å². The van der Waals surface area contributed by atoms with Crippen LogP contribution in [-0.4, -0.2) is 43.8 Å². The number of hydrogen-bond donors (Lipinski definition) is 1. The highest BCUT2D eigenvalue weighted by Gasteiger charge is 2.15. The van der Waals surface area contributed by atoms with E-state index in [1.54, 1.807) is 4.90 Å². The van der Waals surface area contributed by atoms with Crippen LogP contribution in [0.3, 0.4) is 0 Å². The van der Waals surface area contributed by atoms with Gasteiger partial charge in [-0.2, -0.15) is 15.0 Å². The Morgan fingerprint density at radius 1 is 1.10 bits per heavy atom. The number of nitrogen functional groups attached to an aromatic ring is 1. The predicted octanol–water partition coefficient (Wildman–Crippen LogP) is 3.03. The summed E-state index contributed by atoms with van der Waals surface area (Å²) in [6.45, 7) is 5.59. The average molecular weight is 429 g/mol. The summed E-state index contributed by atoms with van der Waals surface area (Å²) < 4.78 is 8.00. The number of hydrogen-bond acceptors (Lipinski definition) is 9. The standard InChI is InChI=1S/C20H28N8OS/c1-14(2)10-11-28-17(12-29-15-8-6-5-7-9-15)25-26-20(28)30-13-16-22-18(21)24-19(23-16)27(3)4/h5-9,14H,10-13H2,1-4H3,(H2,21,22,23,24). The third kappa shape index (κ3) is 6.06. The first-order chi connectivity index (χ1) is 14.4. The van der Waals surface area contributed by atoms with Gasteiger partial charge in [0.2, 0.25) is 11.9 Å². The molecule has 0 atom stereocenters. The molecule has 0 aliphatic carbocycles. The minimum Gasteiger partial charge on any atom is -0.486 e. The van der Waals surface area contributed by atoms with E-state index >= 15 is 0 Å². The Morgan fingerprint density at radius 2 is 1.87 bits per heavy atom. The molecule has 0 unspecified atom stereocenters. The monoisotopic (exact) mass is 428 g/mol. The van der Waals surface area contributed by atoms with Crippen LogP contribution in [0.15, 0.2) is 35.5 Å². The topological polar surface area (TPSA) is 108 Å². The van der Waals surface area contributed by atoms with E-state index in [2.05, 4.69) is 43.6 Å². The molecular weight excluding hydrogens is 400 g/mol.